The minimum atomic E-state index is 0.874. The van der Waals surface area contributed by atoms with Crippen molar-refractivity contribution >= 4 is 0 Å². The smallest absolute Gasteiger partial charge is 0.0132 e. The maximum Gasteiger partial charge on any atom is 0.0132 e. The Hall–Kier alpha value is -0.300. The first-order chi connectivity index (χ1) is 6.27. The molecule has 78 valence electrons. The van der Waals surface area contributed by atoms with Crippen molar-refractivity contribution in [1.82, 2.24) is 5.32 Å². The third kappa shape index (κ3) is 11.7. The molecule has 0 heterocycles. The van der Waals surface area contributed by atoms with E-state index in [1.807, 2.05) is 6.08 Å². The van der Waals surface area contributed by atoms with Crippen LogP contribution in [0.4, 0.5) is 0 Å². The Morgan fingerprint density at radius 2 is 1.85 bits per heavy atom. The van der Waals surface area contributed by atoms with E-state index in [1.165, 1.54) is 32.1 Å². The minimum Gasteiger partial charge on any atom is -0.313 e. The predicted octanol–water partition coefficient (Wildman–Crippen LogP) is 3.37. The Kier molecular flexibility index (Phi) is 9.56. The molecular formula is C12H25N. The highest BCUT2D eigenvalue weighted by Gasteiger charge is 1.93. The fourth-order valence-electron chi connectivity index (χ4n) is 1.36. The Bertz CT molecular complexity index is 108. The van der Waals surface area contributed by atoms with Gasteiger partial charge < -0.3 is 5.32 Å². The van der Waals surface area contributed by atoms with Crippen molar-refractivity contribution in [2.45, 2.75) is 46.0 Å². The first kappa shape index (κ1) is 12.7. The van der Waals surface area contributed by atoms with Crippen molar-refractivity contribution < 1.29 is 0 Å². The van der Waals surface area contributed by atoms with Crippen molar-refractivity contribution in [3.8, 4) is 0 Å². The molecular weight excluding hydrogens is 158 g/mol. The zero-order valence-corrected chi connectivity index (χ0v) is 9.31. The molecule has 0 aromatic carbocycles. The van der Waals surface area contributed by atoms with Gasteiger partial charge in [0.1, 0.15) is 0 Å². The molecule has 0 unspecified atom stereocenters. The molecule has 0 aliphatic rings. The molecule has 1 heteroatoms. The van der Waals surface area contributed by atoms with Crippen LogP contribution in [0.15, 0.2) is 12.7 Å². The summed E-state index contributed by atoms with van der Waals surface area (Å²) in [5.74, 6) is 0.874. The van der Waals surface area contributed by atoms with Crippen LogP contribution in [0, 0.1) is 5.92 Å². The van der Waals surface area contributed by atoms with Gasteiger partial charge in [-0.25, -0.2) is 0 Å². The highest BCUT2D eigenvalue weighted by Crippen LogP contribution is 2.08. The van der Waals surface area contributed by atoms with E-state index >= 15 is 0 Å². The molecule has 0 aromatic heterocycles. The summed E-state index contributed by atoms with van der Waals surface area (Å²) in [6.07, 6.45) is 8.79. The standard InChI is InChI=1S/C12H25N/c1-4-10-13-11-8-6-5-7-9-12(2)3/h4,12-13H,1,5-11H2,2-3H3. The SMILES string of the molecule is C=CCNCCCCCCC(C)C. The second-order valence-electron chi connectivity index (χ2n) is 4.09. The van der Waals surface area contributed by atoms with E-state index < -0.39 is 0 Å². The Balaban J connectivity index is 2.87. The van der Waals surface area contributed by atoms with Crippen molar-refractivity contribution in [1.29, 1.82) is 0 Å². The lowest BCUT2D eigenvalue weighted by Crippen LogP contribution is -2.14. The van der Waals surface area contributed by atoms with Crippen LogP contribution in [0.2, 0.25) is 0 Å². The summed E-state index contributed by atoms with van der Waals surface area (Å²) >= 11 is 0. The van der Waals surface area contributed by atoms with Crippen molar-refractivity contribution in [2.24, 2.45) is 5.92 Å². The molecule has 0 amide bonds. The molecule has 0 aliphatic heterocycles. The zero-order valence-electron chi connectivity index (χ0n) is 9.31. The van der Waals surface area contributed by atoms with E-state index in [0.717, 1.165) is 19.0 Å². The average molecular weight is 183 g/mol. The molecule has 0 rings (SSSR count). The molecule has 0 spiro atoms. The van der Waals surface area contributed by atoms with E-state index in [9.17, 15) is 0 Å². The monoisotopic (exact) mass is 183 g/mol. The predicted molar refractivity (Wildman–Crippen MR) is 61.0 cm³/mol. The van der Waals surface area contributed by atoms with Crippen LogP contribution in [-0.2, 0) is 0 Å². The molecule has 0 bridgehead atoms. The van der Waals surface area contributed by atoms with Gasteiger partial charge in [0, 0.05) is 6.54 Å². The number of hydrogen-bond acceptors (Lipinski definition) is 1. The Labute approximate surface area is 83.6 Å². The molecule has 0 saturated heterocycles. The maximum atomic E-state index is 3.66. The van der Waals surface area contributed by atoms with Crippen LogP contribution in [0.5, 0.6) is 0 Å². The summed E-state index contributed by atoms with van der Waals surface area (Å²) in [5, 5.41) is 3.32. The van der Waals surface area contributed by atoms with Crippen LogP contribution in [-0.4, -0.2) is 13.1 Å². The summed E-state index contributed by atoms with van der Waals surface area (Å²) in [6, 6.07) is 0. The maximum absolute atomic E-state index is 3.66. The van der Waals surface area contributed by atoms with E-state index in [0.29, 0.717) is 0 Å². The number of hydrogen-bond donors (Lipinski definition) is 1. The van der Waals surface area contributed by atoms with Gasteiger partial charge in [0.25, 0.3) is 0 Å². The number of nitrogens with one attached hydrogen (secondary N) is 1. The fraction of sp³-hybridized carbons (Fsp3) is 0.833. The summed E-state index contributed by atoms with van der Waals surface area (Å²) in [5.41, 5.74) is 0. The first-order valence-electron chi connectivity index (χ1n) is 5.59. The van der Waals surface area contributed by atoms with Gasteiger partial charge in [-0.15, -0.1) is 6.58 Å². The zero-order chi connectivity index (χ0) is 9.94. The van der Waals surface area contributed by atoms with Gasteiger partial charge in [-0.05, 0) is 18.9 Å². The topological polar surface area (TPSA) is 12.0 Å². The van der Waals surface area contributed by atoms with Crippen molar-refractivity contribution in [2.75, 3.05) is 13.1 Å². The quantitative estimate of drug-likeness (QED) is 0.427. The third-order valence-corrected chi connectivity index (χ3v) is 2.17. The van der Waals surface area contributed by atoms with Crippen LogP contribution < -0.4 is 5.32 Å². The molecule has 0 aromatic rings. The lowest BCUT2D eigenvalue weighted by Gasteiger charge is -2.04. The van der Waals surface area contributed by atoms with Crippen molar-refractivity contribution in [3.05, 3.63) is 12.7 Å². The van der Waals surface area contributed by atoms with E-state index in [1.54, 1.807) is 0 Å². The highest BCUT2D eigenvalue weighted by molar-refractivity contribution is 4.69. The molecule has 0 radical (unpaired) electrons. The third-order valence-electron chi connectivity index (χ3n) is 2.17. The Morgan fingerprint density at radius 1 is 1.15 bits per heavy atom. The average Bonchev–Trinajstić information content (AvgIpc) is 2.09. The largest absolute Gasteiger partial charge is 0.313 e. The van der Waals surface area contributed by atoms with Gasteiger partial charge in [0.15, 0.2) is 0 Å². The van der Waals surface area contributed by atoms with Gasteiger partial charge in [0.05, 0.1) is 0 Å². The molecule has 1 nitrogen and oxygen atoms in total. The van der Waals surface area contributed by atoms with Gasteiger partial charge in [0.2, 0.25) is 0 Å². The van der Waals surface area contributed by atoms with E-state index in [4.69, 9.17) is 0 Å². The van der Waals surface area contributed by atoms with Gasteiger partial charge >= 0.3 is 0 Å². The second-order valence-corrected chi connectivity index (χ2v) is 4.09. The molecule has 1 N–H and O–H groups in total. The van der Waals surface area contributed by atoms with E-state index in [-0.39, 0.29) is 0 Å². The lowest BCUT2D eigenvalue weighted by molar-refractivity contribution is 0.515. The molecule has 0 saturated carbocycles. The summed E-state index contributed by atoms with van der Waals surface area (Å²) in [6.45, 7) is 10.4. The van der Waals surface area contributed by atoms with Crippen LogP contribution in [0.3, 0.4) is 0 Å². The normalized spacial score (nSPS) is 10.7. The molecule has 0 aliphatic carbocycles. The van der Waals surface area contributed by atoms with Crippen LogP contribution in [0.25, 0.3) is 0 Å². The summed E-state index contributed by atoms with van der Waals surface area (Å²) in [4.78, 5) is 0. The number of rotatable bonds is 9. The van der Waals surface area contributed by atoms with E-state index in [2.05, 4.69) is 25.7 Å². The van der Waals surface area contributed by atoms with Gasteiger partial charge in [-0.3, -0.25) is 0 Å². The van der Waals surface area contributed by atoms with Crippen LogP contribution >= 0.6 is 0 Å². The molecule has 0 fully saturated rings. The molecule has 0 atom stereocenters. The molecule has 13 heavy (non-hydrogen) atoms. The fourth-order valence-corrected chi connectivity index (χ4v) is 1.36. The highest BCUT2D eigenvalue weighted by atomic mass is 14.8. The van der Waals surface area contributed by atoms with Crippen molar-refractivity contribution in [3.63, 3.8) is 0 Å². The Morgan fingerprint density at radius 3 is 2.46 bits per heavy atom. The minimum absolute atomic E-state index is 0.874. The second kappa shape index (κ2) is 9.79. The number of unbranched alkanes of at least 4 members (excludes halogenated alkanes) is 3. The lowest BCUT2D eigenvalue weighted by atomic mass is 10.0. The van der Waals surface area contributed by atoms with Gasteiger partial charge in [-0.1, -0.05) is 45.6 Å². The summed E-state index contributed by atoms with van der Waals surface area (Å²) in [7, 11) is 0. The summed E-state index contributed by atoms with van der Waals surface area (Å²) < 4.78 is 0. The van der Waals surface area contributed by atoms with Crippen LogP contribution in [0.1, 0.15) is 46.0 Å². The first-order valence-corrected chi connectivity index (χ1v) is 5.59. The van der Waals surface area contributed by atoms with Gasteiger partial charge in [-0.2, -0.15) is 0 Å².